The Morgan fingerprint density at radius 2 is 1.46 bits per heavy atom. The molecule has 1 heteroatoms. The molecule has 15 atom stereocenters. The average molecular weight is 325 g/mol. The molecule has 8 aliphatic carbocycles. The third-order valence-electron chi connectivity index (χ3n) is 13.0. The van der Waals surface area contributed by atoms with E-state index in [0.717, 1.165) is 71.0 Å². The number of aliphatic hydroxyl groups excluding tert-OH is 1. The van der Waals surface area contributed by atoms with Crippen molar-refractivity contribution in [2.24, 2.45) is 87.3 Å². The van der Waals surface area contributed by atoms with E-state index >= 15 is 0 Å². The second-order valence-corrected chi connectivity index (χ2v) is 12.5. The molecule has 0 aliphatic heterocycles. The van der Waals surface area contributed by atoms with Gasteiger partial charge in [0.2, 0.25) is 0 Å². The van der Waals surface area contributed by atoms with Crippen LogP contribution in [-0.4, -0.2) is 11.7 Å². The first-order valence-corrected chi connectivity index (χ1v) is 11.1. The molecule has 8 aliphatic rings. The summed E-state index contributed by atoms with van der Waals surface area (Å²) >= 11 is 0. The van der Waals surface area contributed by atoms with Crippen LogP contribution in [0.1, 0.15) is 46.5 Å². The maximum Gasteiger partial charge on any atom is 0.0490 e. The summed E-state index contributed by atoms with van der Waals surface area (Å²) in [6.07, 6.45) is 6.10. The van der Waals surface area contributed by atoms with E-state index in [0.29, 0.717) is 17.4 Å². The maximum atomic E-state index is 10.7. The van der Waals surface area contributed by atoms with Crippen LogP contribution < -0.4 is 0 Å². The highest BCUT2D eigenvalue weighted by Gasteiger charge is 2.91. The molecule has 130 valence electrons. The minimum absolute atomic E-state index is 0.274. The Morgan fingerprint density at radius 1 is 0.750 bits per heavy atom. The Bertz CT molecular complexity index is 700. The minimum atomic E-state index is 0.274. The third-order valence-corrected chi connectivity index (χ3v) is 13.0. The first-order valence-electron chi connectivity index (χ1n) is 11.1. The molecule has 0 aromatic carbocycles. The van der Waals surface area contributed by atoms with Gasteiger partial charge in [0, 0.05) is 6.61 Å². The molecule has 0 heterocycles. The number of hydrogen-bond acceptors (Lipinski definition) is 1. The summed E-state index contributed by atoms with van der Waals surface area (Å²) in [6.45, 7) is 8.61. The summed E-state index contributed by atoms with van der Waals surface area (Å²) in [7, 11) is 0. The van der Waals surface area contributed by atoms with Crippen LogP contribution in [0.2, 0.25) is 0 Å². The van der Waals surface area contributed by atoms with Gasteiger partial charge < -0.3 is 5.11 Å². The predicted octanol–water partition coefficient (Wildman–Crippen LogP) is 4.06. The van der Waals surface area contributed by atoms with Crippen molar-refractivity contribution < 1.29 is 5.11 Å². The Balaban J connectivity index is 1.51. The second-order valence-electron chi connectivity index (χ2n) is 12.5. The highest BCUT2D eigenvalue weighted by Crippen LogP contribution is 2.95. The van der Waals surface area contributed by atoms with Crippen LogP contribution in [0.15, 0.2) is 0 Å². The molecular weight excluding hydrogens is 292 g/mol. The normalized spacial score (nSPS) is 83.0. The lowest BCUT2D eigenvalue weighted by molar-refractivity contribution is -0.00653. The van der Waals surface area contributed by atoms with Crippen molar-refractivity contribution in [2.45, 2.75) is 46.5 Å². The molecule has 24 heavy (non-hydrogen) atoms. The van der Waals surface area contributed by atoms with Crippen molar-refractivity contribution >= 4 is 0 Å². The zero-order chi connectivity index (χ0) is 16.0. The van der Waals surface area contributed by atoms with Gasteiger partial charge in [-0.15, -0.1) is 0 Å². The van der Waals surface area contributed by atoms with Crippen LogP contribution in [-0.2, 0) is 0 Å². The van der Waals surface area contributed by atoms with Crippen LogP contribution in [0.3, 0.4) is 0 Å². The van der Waals surface area contributed by atoms with E-state index in [4.69, 9.17) is 0 Å². The summed E-state index contributed by atoms with van der Waals surface area (Å²) in [5.41, 5.74) is 1.66. The van der Waals surface area contributed by atoms with Gasteiger partial charge in [-0.1, -0.05) is 20.8 Å². The van der Waals surface area contributed by atoms with Gasteiger partial charge in [0.05, 0.1) is 0 Å². The fourth-order valence-electron chi connectivity index (χ4n) is 13.9. The lowest BCUT2D eigenvalue weighted by Gasteiger charge is -2.44. The molecule has 8 fully saturated rings. The molecule has 8 rings (SSSR count). The van der Waals surface area contributed by atoms with Crippen molar-refractivity contribution in [3.8, 4) is 0 Å². The highest BCUT2D eigenvalue weighted by molar-refractivity contribution is 5.38. The molecule has 0 amide bonds. The summed E-state index contributed by atoms with van der Waals surface area (Å²) < 4.78 is 0. The number of fused-ring (bicyclic) bond motifs is 4. The predicted molar refractivity (Wildman–Crippen MR) is 91.8 cm³/mol. The van der Waals surface area contributed by atoms with Crippen molar-refractivity contribution in [1.29, 1.82) is 0 Å². The molecule has 1 N–H and O–H groups in total. The molecule has 0 spiro atoms. The molecule has 0 bridgehead atoms. The topological polar surface area (TPSA) is 20.2 Å². The van der Waals surface area contributed by atoms with Crippen LogP contribution in [0, 0.1) is 87.3 Å². The Hall–Kier alpha value is -0.0400. The quantitative estimate of drug-likeness (QED) is 0.771. The van der Waals surface area contributed by atoms with Crippen LogP contribution >= 0.6 is 0 Å². The smallest absolute Gasteiger partial charge is 0.0490 e. The zero-order valence-corrected chi connectivity index (χ0v) is 15.4. The van der Waals surface area contributed by atoms with Crippen molar-refractivity contribution in [1.82, 2.24) is 0 Å². The molecule has 0 saturated heterocycles. The van der Waals surface area contributed by atoms with E-state index < -0.39 is 0 Å². The molecule has 0 aromatic rings. The monoisotopic (exact) mass is 324 g/mol. The fraction of sp³-hybridized carbons (Fsp3) is 1.00. The molecule has 8 saturated carbocycles. The van der Waals surface area contributed by atoms with Gasteiger partial charge in [-0.2, -0.15) is 0 Å². The van der Waals surface area contributed by atoms with Gasteiger partial charge in [-0.05, 0) is 113 Å². The van der Waals surface area contributed by atoms with Gasteiger partial charge in [-0.3, -0.25) is 0 Å². The van der Waals surface area contributed by atoms with Gasteiger partial charge in [0.1, 0.15) is 0 Å². The van der Waals surface area contributed by atoms with Gasteiger partial charge in [0.25, 0.3) is 0 Å². The van der Waals surface area contributed by atoms with E-state index in [9.17, 15) is 5.11 Å². The van der Waals surface area contributed by atoms with Crippen molar-refractivity contribution in [3.63, 3.8) is 0 Å². The average Bonchev–Trinajstić information content (AvgIpc) is 3.29. The first-order chi connectivity index (χ1) is 11.5. The van der Waals surface area contributed by atoms with Gasteiger partial charge >= 0.3 is 0 Å². The van der Waals surface area contributed by atoms with E-state index in [1.807, 2.05) is 0 Å². The zero-order valence-electron chi connectivity index (χ0n) is 15.4. The lowest BCUT2D eigenvalue weighted by atomic mass is 9.61. The van der Waals surface area contributed by atoms with E-state index in [-0.39, 0.29) is 5.41 Å². The van der Waals surface area contributed by atoms with E-state index in [1.165, 1.54) is 19.3 Å². The van der Waals surface area contributed by atoms with E-state index in [2.05, 4.69) is 20.8 Å². The minimum Gasteiger partial charge on any atom is -0.396 e. The van der Waals surface area contributed by atoms with Crippen LogP contribution in [0.4, 0.5) is 0 Å². The Labute approximate surface area is 146 Å². The molecule has 0 unspecified atom stereocenters. The third kappa shape index (κ3) is 0.828. The van der Waals surface area contributed by atoms with E-state index in [1.54, 1.807) is 6.42 Å². The SMILES string of the molecule is C[C@@]1(CO)[C@@H]2[C@H]3CC[C@H]4[C@@H]3[C@@H]3[C@@H]2[C@H]2[C@H]1[C@H]1CC[C@]5(C)[C@H]1[C@H]2[C@]3(C)[C@H]45. The summed E-state index contributed by atoms with van der Waals surface area (Å²) in [4.78, 5) is 0. The summed E-state index contributed by atoms with van der Waals surface area (Å²) in [6, 6.07) is 0. The maximum absolute atomic E-state index is 10.7. The van der Waals surface area contributed by atoms with Gasteiger partial charge in [0.15, 0.2) is 0 Å². The Kier molecular flexibility index (Phi) is 1.75. The lowest BCUT2D eigenvalue weighted by Crippen LogP contribution is -2.42. The molecular formula is C23H32O. The number of aliphatic hydroxyl groups is 1. The number of rotatable bonds is 1. The van der Waals surface area contributed by atoms with Crippen molar-refractivity contribution in [3.05, 3.63) is 0 Å². The van der Waals surface area contributed by atoms with Crippen LogP contribution in [0.25, 0.3) is 0 Å². The highest BCUT2D eigenvalue weighted by atomic mass is 16.3. The standard InChI is InChI=1S/C23H32O/c1-21-7-6-11-16-14-13-15(22(16,2)8-24)9-4-5-10-12(9)18(13)23(3,20(10)21)19(14)17(11)21/h9-20,24H,4-8H2,1-3H3/t9-,10-,11+,12+,13+,14-,15+,16+,17+,18+,19-,20+,21+,22+,23+/m0/s1. The fourth-order valence-corrected chi connectivity index (χ4v) is 13.9. The molecule has 1 nitrogen and oxygen atoms in total. The molecule has 0 radical (unpaired) electrons. The largest absolute Gasteiger partial charge is 0.396 e. The molecule has 0 aromatic heterocycles. The van der Waals surface area contributed by atoms with Gasteiger partial charge in [-0.25, -0.2) is 0 Å². The Morgan fingerprint density at radius 3 is 2.25 bits per heavy atom. The summed E-state index contributed by atoms with van der Waals surface area (Å²) in [5, 5.41) is 10.7. The van der Waals surface area contributed by atoms with Crippen molar-refractivity contribution in [2.75, 3.05) is 6.61 Å². The first kappa shape index (κ1) is 13.2. The number of hydrogen-bond donors (Lipinski definition) is 1. The second kappa shape index (κ2) is 3.19. The van der Waals surface area contributed by atoms with Crippen LogP contribution in [0.5, 0.6) is 0 Å². The summed E-state index contributed by atoms with van der Waals surface area (Å²) in [5.74, 6) is 12.2.